The van der Waals surface area contributed by atoms with E-state index < -0.39 is 4.92 Å². The van der Waals surface area contributed by atoms with Crippen molar-refractivity contribution in [3.63, 3.8) is 0 Å². The Hall–Kier alpha value is -2.52. The smallest absolute Gasteiger partial charge is 0.295 e. The summed E-state index contributed by atoms with van der Waals surface area (Å²) in [5.74, 6) is -0.202. The zero-order valence-corrected chi connectivity index (χ0v) is 13.8. The summed E-state index contributed by atoms with van der Waals surface area (Å²) in [6.45, 7) is 3.88. The number of aromatic nitrogens is 3. The van der Waals surface area contributed by atoms with Gasteiger partial charge in [0.15, 0.2) is 0 Å². The number of piperazine rings is 1. The van der Waals surface area contributed by atoms with Crippen LogP contribution in [0, 0.1) is 10.1 Å². The molecule has 1 fully saturated rings. The lowest BCUT2D eigenvalue weighted by molar-refractivity contribution is -0.384. The van der Waals surface area contributed by atoms with Gasteiger partial charge in [-0.15, -0.1) is 12.4 Å². The molecule has 1 unspecified atom stereocenters. The summed E-state index contributed by atoms with van der Waals surface area (Å²) in [5, 5.41) is 18.5. The Morgan fingerprint density at radius 3 is 2.88 bits per heavy atom. The summed E-state index contributed by atoms with van der Waals surface area (Å²) in [7, 11) is 0. The lowest BCUT2D eigenvalue weighted by Crippen LogP contribution is -2.51. The molecule has 2 aromatic rings. The number of nitrogens with zero attached hydrogens (tertiary/aromatic N) is 5. The predicted octanol–water partition coefficient (Wildman–Crippen LogP) is 1.03. The van der Waals surface area contributed by atoms with E-state index in [2.05, 4.69) is 15.4 Å². The molecule has 3 rings (SSSR count). The van der Waals surface area contributed by atoms with E-state index in [4.69, 9.17) is 0 Å². The van der Waals surface area contributed by atoms with Crippen molar-refractivity contribution in [2.75, 3.05) is 19.6 Å². The van der Waals surface area contributed by atoms with Crippen molar-refractivity contribution in [1.82, 2.24) is 25.0 Å². The van der Waals surface area contributed by atoms with Crippen LogP contribution in [0.4, 0.5) is 5.69 Å². The molecule has 1 aromatic carbocycles. The molecule has 0 saturated carbocycles. The fourth-order valence-corrected chi connectivity index (χ4v) is 2.63. The highest BCUT2D eigenvalue weighted by atomic mass is 35.5. The highest BCUT2D eigenvalue weighted by Gasteiger charge is 2.25. The van der Waals surface area contributed by atoms with Crippen molar-refractivity contribution in [3.05, 3.63) is 46.5 Å². The monoisotopic (exact) mass is 352 g/mol. The summed E-state index contributed by atoms with van der Waals surface area (Å²) in [6.07, 6.45) is 2.67. The second kappa shape index (κ2) is 7.37. The maximum absolute atomic E-state index is 12.6. The van der Waals surface area contributed by atoms with E-state index in [1.165, 1.54) is 29.5 Å². The Bertz CT molecular complexity index is 736. The molecule has 10 heteroatoms. The topological polar surface area (TPSA) is 106 Å². The van der Waals surface area contributed by atoms with Gasteiger partial charge in [0.25, 0.3) is 11.6 Å². The number of rotatable bonds is 3. The lowest BCUT2D eigenvalue weighted by atomic mass is 10.1. The standard InChI is InChI=1S/C14H16N6O3.ClH/c1-10-7-18(5-4-16-10)14(21)11-2-3-12(13(6-11)20(22)23)19-9-15-8-17-19;/h2-3,6,8-10,16H,4-5,7H2,1H3;1H. The van der Waals surface area contributed by atoms with Gasteiger partial charge in [-0.05, 0) is 19.1 Å². The zero-order chi connectivity index (χ0) is 16.4. The summed E-state index contributed by atoms with van der Waals surface area (Å²) < 4.78 is 1.30. The van der Waals surface area contributed by atoms with E-state index in [9.17, 15) is 14.9 Å². The van der Waals surface area contributed by atoms with Crippen LogP contribution in [0.2, 0.25) is 0 Å². The predicted molar refractivity (Wildman–Crippen MR) is 88.6 cm³/mol. The number of hydrogen-bond acceptors (Lipinski definition) is 6. The quantitative estimate of drug-likeness (QED) is 0.653. The van der Waals surface area contributed by atoms with Crippen molar-refractivity contribution in [2.45, 2.75) is 13.0 Å². The number of nitro benzene ring substituents is 1. The molecule has 1 aromatic heterocycles. The molecule has 1 atom stereocenters. The molecule has 0 aliphatic carbocycles. The van der Waals surface area contributed by atoms with Crippen LogP contribution in [0.5, 0.6) is 0 Å². The molecule has 1 N–H and O–H groups in total. The number of nitrogens with one attached hydrogen (secondary N) is 1. The van der Waals surface area contributed by atoms with Gasteiger partial charge in [-0.3, -0.25) is 14.9 Å². The molecule has 1 saturated heterocycles. The molecule has 24 heavy (non-hydrogen) atoms. The molecular weight excluding hydrogens is 336 g/mol. The minimum absolute atomic E-state index is 0. The first-order chi connectivity index (χ1) is 11.1. The zero-order valence-electron chi connectivity index (χ0n) is 13.0. The minimum atomic E-state index is -0.520. The van der Waals surface area contributed by atoms with Crippen molar-refractivity contribution in [3.8, 4) is 5.69 Å². The largest absolute Gasteiger partial charge is 0.336 e. The molecular formula is C14H17ClN6O3. The van der Waals surface area contributed by atoms with Crippen molar-refractivity contribution in [1.29, 1.82) is 0 Å². The Morgan fingerprint density at radius 2 is 2.25 bits per heavy atom. The van der Waals surface area contributed by atoms with Crippen LogP contribution in [0.25, 0.3) is 5.69 Å². The highest BCUT2D eigenvalue weighted by Crippen LogP contribution is 2.24. The number of carbonyl (C=O) groups excluding carboxylic acids is 1. The number of hydrogen-bond donors (Lipinski definition) is 1. The fraction of sp³-hybridized carbons (Fsp3) is 0.357. The number of halogens is 1. The third-order valence-corrected chi connectivity index (χ3v) is 3.74. The van der Waals surface area contributed by atoms with Crippen molar-refractivity contribution in [2.24, 2.45) is 0 Å². The van der Waals surface area contributed by atoms with E-state index in [0.29, 0.717) is 25.2 Å². The summed E-state index contributed by atoms with van der Waals surface area (Å²) in [6, 6.07) is 4.61. The summed E-state index contributed by atoms with van der Waals surface area (Å²) in [5.41, 5.74) is 0.400. The Morgan fingerprint density at radius 1 is 1.46 bits per heavy atom. The molecule has 128 valence electrons. The Balaban J connectivity index is 0.00000208. The van der Waals surface area contributed by atoms with Crippen molar-refractivity contribution < 1.29 is 9.72 Å². The molecule has 0 bridgehead atoms. The SMILES string of the molecule is CC1CN(C(=O)c2ccc(-n3cncn3)c([N+](=O)[O-])c2)CCN1.Cl. The van der Waals surface area contributed by atoms with E-state index in [0.717, 1.165) is 0 Å². The molecule has 9 nitrogen and oxygen atoms in total. The Kier molecular flexibility index (Phi) is 5.47. The van der Waals surface area contributed by atoms with Gasteiger partial charge < -0.3 is 10.2 Å². The van der Waals surface area contributed by atoms with Crippen LogP contribution >= 0.6 is 12.4 Å². The number of benzene rings is 1. The summed E-state index contributed by atoms with van der Waals surface area (Å²) in [4.78, 5) is 28.9. The number of carbonyl (C=O) groups is 1. The van der Waals surface area contributed by atoms with Gasteiger partial charge in [0.1, 0.15) is 18.3 Å². The fourth-order valence-electron chi connectivity index (χ4n) is 2.63. The van der Waals surface area contributed by atoms with Crippen LogP contribution < -0.4 is 5.32 Å². The normalized spacial score (nSPS) is 17.2. The number of nitro groups is 1. The van der Waals surface area contributed by atoms with E-state index in [1.54, 1.807) is 11.0 Å². The van der Waals surface area contributed by atoms with Gasteiger partial charge in [0.2, 0.25) is 0 Å². The minimum Gasteiger partial charge on any atom is -0.336 e. The van der Waals surface area contributed by atoms with Gasteiger partial charge in [0, 0.05) is 37.3 Å². The van der Waals surface area contributed by atoms with Gasteiger partial charge >= 0.3 is 0 Å². The van der Waals surface area contributed by atoms with Crippen LogP contribution in [-0.4, -0.2) is 56.2 Å². The van der Waals surface area contributed by atoms with Gasteiger partial charge in [-0.25, -0.2) is 9.67 Å². The molecule has 0 spiro atoms. The average molecular weight is 353 g/mol. The first-order valence-electron chi connectivity index (χ1n) is 7.22. The maximum atomic E-state index is 12.6. The van der Waals surface area contributed by atoms with Crippen LogP contribution in [0.1, 0.15) is 17.3 Å². The van der Waals surface area contributed by atoms with Gasteiger partial charge in [-0.2, -0.15) is 5.10 Å². The second-order valence-corrected chi connectivity index (χ2v) is 5.41. The van der Waals surface area contributed by atoms with Crippen LogP contribution in [0.3, 0.4) is 0 Å². The molecule has 1 aliphatic heterocycles. The highest BCUT2D eigenvalue weighted by molar-refractivity contribution is 5.95. The summed E-state index contributed by atoms with van der Waals surface area (Å²) >= 11 is 0. The van der Waals surface area contributed by atoms with E-state index >= 15 is 0 Å². The second-order valence-electron chi connectivity index (χ2n) is 5.41. The third kappa shape index (κ3) is 3.52. The first kappa shape index (κ1) is 17.8. The van der Waals surface area contributed by atoms with Crippen LogP contribution in [0.15, 0.2) is 30.9 Å². The third-order valence-electron chi connectivity index (χ3n) is 3.74. The average Bonchev–Trinajstić information content (AvgIpc) is 3.08. The molecule has 2 heterocycles. The lowest BCUT2D eigenvalue weighted by Gasteiger charge is -2.31. The maximum Gasteiger partial charge on any atom is 0.295 e. The van der Waals surface area contributed by atoms with Crippen LogP contribution in [-0.2, 0) is 0 Å². The molecule has 1 amide bonds. The molecule has 0 radical (unpaired) electrons. The van der Waals surface area contributed by atoms with Gasteiger partial charge in [-0.1, -0.05) is 0 Å². The van der Waals surface area contributed by atoms with E-state index in [-0.39, 0.29) is 35.7 Å². The molecule has 1 aliphatic rings. The van der Waals surface area contributed by atoms with E-state index in [1.807, 2.05) is 6.92 Å². The van der Waals surface area contributed by atoms with Gasteiger partial charge in [0.05, 0.1) is 4.92 Å². The van der Waals surface area contributed by atoms with Crippen molar-refractivity contribution >= 4 is 24.0 Å². The Labute approximate surface area is 144 Å². The number of amides is 1. The first-order valence-corrected chi connectivity index (χ1v) is 7.22.